The molecule has 0 radical (unpaired) electrons. The third-order valence-corrected chi connectivity index (χ3v) is 4.46. The lowest BCUT2D eigenvalue weighted by Gasteiger charge is -2.23. The van der Waals surface area contributed by atoms with Gasteiger partial charge in [0, 0.05) is 35.4 Å². The SMILES string of the molecule is CNC(CSc1ccc(Cl)cc1)C(C)CCOC. The van der Waals surface area contributed by atoms with Crippen LogP contribution in [0.1, 0.15) is 13.3 Å². The van der Waals surface area contributed by atoms with Gasteiger partial charge < -0.3 is 10.1 Å². The number of halogens is 1. The Morgan fingerprint density at radius 1 is 1.33 bits per heavy atom. The molecule has 1 rings (SSSR count). The van der Waals surface area contributed by atoms with Crippen LogP contribution in [0.4, 0.5) is 0 Å². The monoisotopic (exact) mass is 287 g/mol. The Labute approximate surface area is 119 Å². The summed E-state index contributed by atoms with van der Waals surface area (Å²) in [5.74, 6) is 1.66. The van der Waals surface area contributed by atoms with E-state index >= 15 is 0 Å². The largest absolute Gasteiger partial charge is 0.385 e. The molecule has 0 saturated carbocycles. The first-order valence-corrected chi connectivity index (χ1v) is 7.58. The van der Waals surface area contributed by atoms with Crippen molar-refractivity contribution in [2.45, 2.75) is 24.3 Å². The summed E-state index contributed by atoms with van der Waals surface area (Å²) in [5.41, 5.74) is 0. The van der Waals surface area contributed by atoms with E-state index in [-0.39, 0.29) is 0 Å². The number of hydrogen-bond donors (Lipinski definition) is 1. The molecule has 1 aromatic carbocycles. The third-order valence-electron chi connectivity index (χ3n) is 3.08. The quantitative estimate of drug-likeness (QED) is 0.737. The Kier molecular flexibility index (Phi) is 7.75. The van der Waals surface area contributed by atoms with Gasteiger partial charge in [-0.25, -0.2) is 0 Å². The Morgan fingerprint density at radius 2 is 2.00 bits per heavy atom. The van der Waals surface area contributed by atoms with Crippen LogP contribution in [0.25, 0.3) is 0 Å². The van der Waals surface area contributed by atoms with E-state index in [1.165, 1.54) is 4.90 Å². The molecule has 0 aliphatic heterocycles. The fourth-order valence-electron chi connectivity index (χ4n) is 1.75. The lowest BCUT2D eigenvalue weighted by molar-refractivity contribution is 0.173. The zero-order valence-electron chi connectivity index (χ0n) is 11.3. The minimum atomic E-state index is 0.501. The molecule has 0 saturated heterocycles. The van der Waals surface area contributed by atoms with E-state index < -0.39 is 0 Å². The van der Waals surface area contributed by atoms with Crippen LogP contribution < -0.4 is 5.32 Å². The minimum Gasteiger partial charge on any atom is -0.385 e. The molecule has 0 aliphatic rings. The molecule has 0 heterocycles. The molecule has 2 nitrogen and oxygen atoms in total. The van der Waals surface area contributed by atoms with Crippen molar-refractivity contribution in [2.75, 3.05) is 26.5 Å². The summed E-state index contributed by atoms with van der Waals surface area (Å²) in [6.45, 7) is 3.09. The van der Waals surface area contributed by atoms with Crippen LogP contribution in [0.5, 0.6) is 0 Å². The van der Waals surface area contributed by atoms with Gasteiger partial charge in [-0.2, -0.15) is 0 Å². The zero-order valence-corrected chi connectivity index (χ0v) is 12.9. The van der Waals surface area contributed by atoms with Gasteiger partial charge in [-0.3, -0.25) is 0 Å². The summed E-state index contributed by atoms with van der Waals surface area (Å²) < 4.78 is 5.13. The van der Waals surface area contributed by atoms with Gasteiger partial charge in [-0.1, -0.05) is 18.5 Å². The normalized spacial score (nSPS) is 14.4. The predicted molar refractivity (Wildman–Crippen MR) is 80.7 cm³/mol. The molecular formula is C14H22ClNOS. The maximum Gasteiger partial charge on any atom is 0.0465 e. The molecule has 0 aromatic heterocycles. The minimum absolute atomic E-state index is 0.501. The van der Waals surface area contributed by atoms with Crippen LogP contribution in [-0.2, 0) is 4.74 Å². The molecule has 2 unspecified atom stereocenters. The predicted octanol–water partition coefficient (Wildman–Crippen LogP) is 3.69. The van der Waals surface area contributed by atoms with E-state index in [1.807, 2.05) is 30.9 Å². The fourth-order valence-corrected chi connectivity index (χ4v) is 3.08. The van der Waals surface area contributed by atoms with Crippen molar-refractivity contribution in [1.29, 1.82) is 0 Å². The Bertz CT molecular complexity index is 331. The van der Waals surface area contributed by atoms with Crippen molar-refractivity contribution in [3.05, 3.63) is 29.3 Å². The molecule has 1 aromatic rings. The van der Waals surface area contributed by atoms with E-state index in [1.54, 1.807) is 7.11 Å². The summed E-state index contributed by atoms with van der Waals surface area (Å²) in [6, 6.07) is 8.51. The van der Waals surface area contributed by atoms with Crippen LogP contribution in [0.15, 0.2) is 29.2 Å². The second-order valence-corrected chi connectivity index (χ2v) is 5.95. The molecule has 102 valence electrons. The Morgan fingerprint density at radius 3 is 2.56 bits per heavy atom. The summed E-state index contributed by atoms with van der Waals surface area (Å²) in [6.07, 6.45) is 1.09. The molecule has 0 aliphatic carbocycles. The second kappa shape index (κ2) is 8.81. The van der Waals surface area contributed by atoms with Gasteiger partial charge >= 0.3 is 0 Å². The maximum atomic E-state index is 5.87. The number of benzene rings is 1. The highest BCUT2D eigenvalue weighted by molar-refractivity contribution is 7.99. The van der Waals surface area contributed by atoms with Crippen molar-refractivity contribution < 1.29 is 4.74 Å². The van der Waals surface area contributed by atoms with Gasteiger partial charge in [0.1, 0.15) is 0 Å². The van der Waals surface area contributed by atoms with Crippen molar-refractivity contribution >= 4 is 23.4 Å². The molecule has 0 amide bonds. The number of rotatable bonds is 8. The van der Waals surface area contributed by atoms with Gasteiger partial charge in [0.05, 0.1) is 0 Å². The Hall–Kier alpha value is -0.220. The highest BCUT2D eigenvalue weighted by Crippen LogP contribution is 2.23. The van der Waals surface area contributed by atoms with Crippen molar-refractivity contribution in [3.63, 3.8) is 0 Å². The van der Waals surface area contributed by atoms with Gasteiger partial charge in [-0.05, 0) is 43.7 Å². The van der Waals surface area contributed by atoms with E-state index in [0.717, 1.165) is 23.8 Å². The van der Waals surface area contributed by atoms with Crippen molar-refractivity contribution in [1.82, 2.24) is 5.32 Å². The van der Waals surface area contributed by atoms with Gasteiger partial charge in [0.15, 0.2) is 0 Å². The third kappa shape index (κ3) is 5.61. The van der Waals surface area contributed by atoms with Crippen molar-refractivity contribution in [3.8, 4) is 0 Å². The molecule has 4 heteroatoms. The van der Waals surface area contributed by atoms with E-state index in [4.69, 9.17) is 16.3 Å². The van der Waals surface area contributed by atoms with Gasteiger partial charge in [0.2, 0.25) is 0 Å². The summed E-state index contributed by atoms with van der Waals surface area (Å²) in [5, 5.41) is 4.18. The topological polar surface area (TPSA) is 21.3 Å². The summed E-state index contributed by atoms with van der Waals surface area (Å²) in [7, 11) is 3.78. The van der Waals surface area contributed by atoms with Gasteiger partial charge in [-0.15, -0.1) is 11.8 Å². The van der Waals surface area contributed by atoms with Crippen LogP contribution in [0.3, 0.4) is 0 Å². The molecule has 18 heavy (non-hydrogen) atoms. The number of ether oxygens (including phenoxy) is 1. The zero-order chi connectivity index (χ0) is 13.4. The van der Waals surface area contributed by atoms with E-state index in [9.17, 15) is 0 Å². The molecule has 0 bridgehead atoms. The maximum absolute atomic E-state index is 5.87. The molecular weight excluding hydrogens is 266 g/mol. The highest BCUT2D eigenvalue weighted by atomic mass is 35.5. The number of methoxy groups -OCH3 is 1. The lowest BCUT2D eigenvalue weighted by atomic mass is 10.0. The summed E-state index contributed by atoms with van der Waals surface area (Å²) in [4.78, 5) is 1.26. The van der Waals surface area contributed by atoms with Gasteiger partial charge in [0.25, 0.3) is 0 Å². The summed E-state index contributed by atoms with van der Waals surface area (Å²) >= 11 is 7.74. The molecule has 0 fully saturated rings. The van der Waals surface area contributed by atoms with Crippen molar-refractivity contribution in [2.24, 2.45) is 5.92 Å². The average molecular weight is 288 g/mol. The lowest BCUT2D eigenvalue weighted by Crippen LogP contribution is -2.34. The van der Waals surface area contributed by atoms with E-state index in [2.05, 4.69) is 24.4 Å². The standard InChI is InChI=1S/C14H22ClNOS/c1-11(8-9-17-3)14(16-2)10-18-13-6-4-12(15)5-7-13/h4-7,11,14,16H,8-10H2,1-3H3. The molecule has 0 spiro atoms. The van der Waals surface area contributed by atoms with Crippen LogP contribution in [-0.4, -0.2) is 32.6 Å². The number of hydrogen-bond acceptors (Lipinski definition) is 3. The first-order chi connectivity index (χ1) is 8.67. The Balaban J connectivity index is 2.41. The van der Waals surface area contributed by atoms with Crippen LogP contribution >= 0.6 is 23.4 Å². The molecule has 1 N–H and O–H groups in total. The van der Waals surface area contributed by atoms with Crippen LogP contribution in [0.2, 0.25) is 5.02 Å². The van der Waals surface area contributed by atoms with Crippen LogP contribution in [0, 0.1) is 5.92 Å². The number of nitrogens with one attached hydrogen (secondary N) is 1. The fraction of sp³-hybridized carbons (Fsp3) is 0.571. The molecule has 2 atom stereocenters. The smallest absolute Gasteiger partial charge is 0.0465 e. The first kappa shape index (κ1) is 15.8. The van der Waals surface area contributed by atoms with E-state index in [0.29, 0.717) is 12.0 Å². The highest BCUT2D eigenvalue weighted by Gasteiger charge is 2.15. The average Bonchev–Trinajstić information content (AvgIpc) is 2.39. The second-order valence-electron chi connectivity index (χ2n) is 4.42. The number of thioether (sulfide) groups is 1. The first-order valence-electron chi connectivity index (χ1n) is 6.22.